The minimum absolute atomic E-state index is 0.146. The Morgan fingerprint density at radius 2 is 1.80 bits per heavy atom. The Morgan fingerprint density at radius 1 is 1.04 bits per heavy atom. The van der Waals surface area contributed by atoms with Gasteiger partial charge in [-0.15, -0.1) is 11.3 Å². The number of rotatable bonds is 4. The molecule has 1 aromatic carbocycles. The number of urea groups is 1. The van der Waals surface area contributed by atoms with Crippen LogP contribution in [0.1, 0.15) is 42.3 Å². The highest BCUT2D eigenvalue weighted by molar-refractivity contribution is 7.12. The van der Waals surface area contributed by atoms with E-state index in [2.05, 4.69) is 22.9 Å². The number of carbonyl (C=O) groups excluding carboxylic acids is 2. The average molecular weight is 357 g/mol. The van der Waals surface area contributed by atoms with Gasteiger partial charge in [0.05, 0.1) is 4.88 Å². The number of carbonyl (C=O) groups is 2. The second kappa shape index (κ2) is 8.16. The molecule has 1 heterocycles. The Balaban J connectivity index is 1.57. The van der Waals surface area contributed by atoms with E-state index in [-0.39, 0.29) is 18.0 Å². The number of thiophene rings is 1. The van der Waals surface area contributed by atoms with Crippen LogP contribution in [0, 0.1) is 5.92 Å². The Morgan fingerprint density at radius 3 is 2.52 bits per heavy atom. The van der Waals surface area contributed by atoms with Gasteiger partial charge in [0, 0.05) is 17.4 Å². The molecule has 6 heteroatoms. The van der Waals surface area contributed by atoms with Gasteiger partial charge in [0.25, 0.3) is 5.91 Å². The standard InChI is InChI=1S/C19H23N3O2S/c1-13-6-2-3-9-16(13)22-19(24)21-15-8-4-7-14(12-15)20-18(23)17-10-5-11-25-17/h4-5,7-8,10-13,16H,2-3,6,9H2,1H3,(H,20,23)(H2,21,22,24). The van der Waals surface area contributed by atoms with Crippen molar-refractivity contribution in [3.8, 4) is 0 Å². The first-order chi connectivity index (χ1) is 12.1. The van der Waals surface area contributed by atoms with Crippen molar-refractivity contribution in [3.05, 3.63) is 46.7 Å². The second-order valence-electron chi connectivity index (χ2n) is 6.48. The minimum atomic E-state index is -0.194. The van der Waals surface area contributed by atoms with Crippen LogP contribution in [0.25, 0.3) is 0 Å². The Bertz CT molecular complexity index is 730. The summed E-state index contributed by atoms with van der Waals surface area (Å²) in [5.41, 5.74) is 1.31. The number of hydrogen-bond donors (Lipinski definition) is 3. The predicted molar refractivity (Wildman–Crippen MR) is 102 cm³/mol. The topological polar surface area (TPSA) is 70.2 Å². The SMILES string of the molecule is CC1CCCCC1NC(=O)Nc1cccc(NC(=O)c2cccs2)c1. The Hall–Kier alpha value is -2.34. The molecule has 1 aromatic heterocycles. The zero-order valence-corrected chi connectivity index (χ0v) is 15.1. The molecule has 3 amide bonds. The summed E-state index contributed by atoms with van der Waals surface area (Å²) < 4.78 is 0. The highest BCUT2D eigenvalue weighted by Gasteiger charge is 2.22. The molecule has 2 unspecified atom stereocenters. The zero-order valence-electron chi connectivity index (χ0n) is 14.2. The molecular formula is C19H23N3O2S. The van der Waals surface area contributed by atoms with Crippen LogP contribution in [-0.4, -0.2) is 18.0 Å². The minimum Gasteiger partial charge on any atom is -0.335 e. The van der Waals surface area contributed by atoms with Crippen molar-refractivity contribution in [1.29, 1.82) is 0 Å². The van der Waals surface area contributed by atoms with Crippen LogP contribution in [0.15, 0.2) is 41.8 Å². The largest absolute Gasteiger partial charge is 0.335 e. The first-order valence-corrected chi connectivity index (χ1v) is 9.52. The van der Waals surface area contributed by atoms with E-state index in [0.29, 0.717) is 22.2 Å². The van der Waals surface area contributed by atoms with E-state index >= 15 is 0 Å². The lowest BCUT2D eigenvalue weighted by atomic mass is 9.86. The van der Waals surface area contributed by atoms with Gasteiger partial charge in [0.15, 0.2) is 0 Å². The quantitative estimate of drug-likeness (QED) is 0.742. The molecule has 1 aliphatic carbocycles. The van der Waals surface area contributed by atoms with Crippen molar-refractivity contribution >= 4 is 34.6 Å². The lowest BCUT2D eigenvalue weighted by Gasteiger charge is -2.29. The maximum Gasteiger partial charge on any atom is 0.319 e. The summed E-state index contributed by atoms with van der Waals surface area (Å²) in [4.78, 5) is 25.0. The highest BCUT2D eigenvalue weighted by atomic mass is 32.1. The van der Waals surface area contributed by atoms with Gasteiger partial charge in [0.2, 0.25) is 0 Å². The molecule has 25 heavy (non-hydrogen) atoms. The monoisotopic (exact) mass is 357 g/mol. The van der Waals surface area contributed by atoms with E-state index in [9.17, 15) is 9.59 Å². The van der Waals surface area contributed by atoms with E-state index in [4.69, 9.17) is 0 Å². The number of benzene rings is 1. The Kier molecular flexibility index (Phi) is 5.71. The summed E-state index contributed by atoms with van der Waals surface area (Å²) in [5, 5.41) is 10.6. The van der Waals surface area contributed by atoms with Crippen molar-refractivity contribution in [2.75, 3.05) is 10.6 Å². The zero-order chi connectivity index (χ0) is 17.6. The first kappa shape index (κ1) is 17.5. The molecule has 3 N–H and O–H groups in total. The fourth-order valence-corrected chi connectivity index (χ4v) is 3.76. The molecule has 5 nitrogen and oxygen atoms in total. The number of amides is 3. The molecule has 0 saturated heterocycles. The summed E-state index contributed by atoms with van der Waals surface area (Å²) >= 11 is 1.39. The predicted octanol–water partition coefficient (Wildman–Crippen LogP) is 4.70. The van der Waals surface area contributed by atoms with E-state index in [1.165, 1.54) is 24.2 Å². The third-order valence-corrected chi connectivity index (χ3v) is 5.42. The third kappa shape index (κ3) is 4.82. The van der Waals surface area contributed by atoms with E-state index in [1.54, 1.807) is 18.2 Å². The third-order valence-electron chi connectivity index (χ3n) is 4.55. The molecule has 2 aromatic rings. The first-order valence-electron chi connectivity index (χ1n) is 8.64. The van der Waals surface area contributed by atoms with Gasteiger partial charge in [-0.1, -0.05) is 31.9 Å². The molecule has 0 bridgehead atoms. The summed E-state index contributed by atoms with van der Waals surface area (Å²) in [5.74, 6) is 0.364. The molecule has 0 aliphatic heterocycles. The molecule has 3 rings (SSSR count). The van der Waals surface area contributed by atoms with Gasteiger partial charge >= 0.3 is 6.03 Å². The average Bonchev–Trinajstić information content (AvgIpc) is 3.12. The van der Waals surface area contributed by atoms with Gasteiger partial charge in [-0.05, 0) is 48.4 Å². The molecule has 1 aliphatic rings. The summed E-state index contributed by atoms with van der Waals surface area (Å²) in [7, 11) is 0. The number of anilines is 2. The van der Waals surface area contributed by atoms with E-state index < -0.39 is 0 Å². The maximum absolute atomic E-state index is 12.2. The molecule has 2 atom stereocenters. The Labute approximate surface area is 151 Å². The maximum atomic E-state index is 12.2. The van der Waals surface area contributed by atoms with Gasteiger partial charge in [0.1, 0.15) is 0 Å². The summed E-state index contributed by atoms with van der Waals surface area (Å²) in [6, 6.07) is 10.8. The number of hydrogen-bond acceptors (Lipinski definition) is 3. The lowest BCUT2D eigenvalue weighted by molar-refractivity contribution is 0.103. The second-order valence-corrected chi connectivity index (χ2v) is 7.43. The van der Waals surface area contributed by atoms with E-state index in [1.807, 2.05) is 23.6 Å². The highest BCUT2D eigenvalue weighted by Crippen LogP contribution is 2.24. The molecule has 1 saturated carbocycles. The van der Waals surface area contributed by atoms with Crippen molar-refractivity contribution in [3.63, 3.8) is 0 Å². The van der Waals surface area contributed by atoms with Gasteiger partial charge in [-0.2, -0.15) is 0 Å². The molecular weight excluding hydrogens is 334 g/mol. The van der Waals surface area contributed by atoms with Gasteiger partial charge in [-0.3, -0.25) is 4.79 Å². The van der Waals surface area contributed by atoms with Gasteiger partial charge in [-0.25, -0.2) is 4.79 Å². The molecule has 0 spiro atoms. The number of nitrogens with one attached hydrogen (secondary N) is 3. The summed E-state index contributed by atoms with van der Waals surface area (Å²) in [6.45, 7) is 2.19. The normalized spacial score (nSPS) is 19.9. The molecule has 1 fully saturated rings. The van der Waals surface area contributed by atoms with Crippen LogP contribution in [0.5, 0.6) is 0 Å². The fourth-order valence-electron chi connectivity index (χ4n) is 3.14. The van der Waals surface area contributed by atoms with Crippen molar-refractivity contribution in [2.45, 2.75) is 38.6 Å². The van der Waals surface area contributed by atoms with Gasteiger partial charge < -0.3 is 16.0 Å². The van der Waals surface area contributed by atoms with Crippen molar-refractivity contribution in [1.82, 2.24) is 5.32 Å². The van der Waals surface area contributed by atoms with E-state index in [0.717, 1.165) is 12.8 Å². The van der Waals surface area contributed by atoms with Crippen molar-refractivity contribution in [2.24, 2.45) is 5.92 Å². The fraction of sp³-hybridized carbons (Fsp3) is 0.368. The van der Waals surface area contributed by atoms with Crippen LogP contribution >= 0.6 is 11.3 Å². The van der Waals surface area contributed by atoms with Crippen LogP contribution < -0.4 is 16.0 Å². The van der Waals surface area contributed by atoms with Crippen molar-refractivity contribution < 1.29 is 9.59 Å². The molecule has 132 valence electrons. The smallest absolute Gasteiger partial charge is 0.319 e. The van der Waals surface area contributed by atoms with Crippen LogP contribution in [-0.2, 0) is 0 Å². The molecule has 0 radical (unpaired) electrons. The van der Waals surface area contributed by atoms with Crippen LogP contribution in [0.4, 0.5) is 16.2 Å². The lowest BCUT2D eigenvalue weighted by Crippen LogP contribution is -2.43. The van der Waals surface area contributed by atoms with Crippen LogP contribution in [0.2, 0.25) is 0 Å². The summed E-state index contributed by atoms with van der Waals surface area (Å²) in [6.07, 6.45) is 4.60. The van der Waals surface area contributed by atoms with Crippen LogP contribution in [0.3, 0.4) is 0 Å².